The van der Waals surface area contributed by atoms with E-state index in [1.54, 1.807) is 0 Å². The molecule has 0 bridgehead atoms. The van der Waals surface area contributed by atoms with Crippen LogP contribution in [0.25, 0.3) is 0 Å². The summed E-state index contributed by atoms with van der Waals surface area (Å²) in [6.45, 7) is 2.77. The Kier molecular flexibility index (Phi) is 2.51. The predicted octanol–water partition coefficient (Wildman–Crippen LogP) is -0.0531. The molecule has 2 aliphatic rings. The number of carbonyl (C=O) groups excluding carboxylic acids is 1. The zero-order valence-electron chi connectivity index (χ0n) is 7.91. The average molecular weight is 183 g/mol. The van der Waals surface area contributed by atoms with E-state index < -0.39 is 0 Å². The number of piperidine rings is 1. The van der Waals surface area contributed by atoms with Crippen molar-refractivity contribution >= 4 is 5.91 Å². The molecule has 2 heterocycles. The van der Waals surface area contributed by atoms with Crippen molar-refractivity contribution in [3.63, 3.8) is 0 Å². The second-order valence-corrected chi connectivity index (χ2v) is 3.95. The lowest BCUT2D eigenvalue weighted by atomic mass is 10.2. The molecule has 0 spiro atoms. The van der Waals surface area contributed by atoms with Crippen LogP contribution in [0.5, 0.6) is 0 Å². The van der Waals surface area contributed by atoms with E-state index in [1.165, 1.54) is 19.3 Å². The van der Waals surface area contributed by atoms with Gasteiger partial charge >= 0.3 is 0 Å². The molecular formula is C9H17N3O. The molecule has 1 atom stereocenters. The lowest BCUT2D eigenvalue weighted by Gasteiger charge is -2.34. The van der Waals surface area contributed by atoms with E-state index in [1.807, 2.05) is 5.01 Å². The van der Waals surface area contributed by atoms with Gasteiger partial charge in [-0.3, -0.25) is 9.80 Å². The van der Waals surface area contributed by atoms with Crippen molar-refractivity contribution < 1.29 is 4.79 Å². The molecular weight excluding hydrogens is 166 g/mol. The van der Waals surface area contributed by atoms with Crippen LogP contribution in [0.4, 0.5) is 0 Å². The minimum Gasteiger partial charge on any atom is -0.326 e. The number of hydrogen-bond donors (Lipinski definition) is 1. The van der Waals surface area contributed by atoms with Crippen LogP contribution in [0, 0.1) is 0 Å². The summed E-state index contributed by atoms with van der Waals surface area (Å²) in [4.78, 5) is 11.5. The van der Waals surface area contributed by atoms with Gasteiger partial charge in [-0.2, -0.15) is 0 Å². The molecule has 1 unspecified atom stereocenters. The minimum atomic E-state index is 0.0504. The standard InChI is InChI=1S/C9H17N3O/c10-8-6-9(13)12(7-8)11-4-2-1-3-5-11/h8H,1-7,10H2. The van der Waals surface area contributed by atoms with Gasteiger partial charge in [0.05, 0.1) is 6.54 Å². The van der Waals surface area contributed by atoms with Crippen molar-refractivity contribution in [2.75, 3.05) is 19.6 Å². The molecule has 2 saturated heterocycles. The van der Waals surface area contributed by atoms with Crippen molar-refractivity contribution in [2.45, 2.75) is 31.7 Å². The molecule has 4 nitrogen and oxygen atoms in total. The number of carbonyl (C=O) groups is 1. The Hall–Kier alpha value is -0.610. The van der Waals surface area contributed by atoms with Crippen molar-refractivity contribution in [3.8, 4) is 0 Å². The van der Waals surface area contributed by atoms with Gasteiger partial charge in [-0.1, -0.05) is 6.42 Å². The third-order valence-electron chi connectivity index (χ3n) is 2.81. The SMILES string of the molecule is NC1CC(=O)N(N2CCCCC2)C1. The first-order valence-electron chi connectivity index (χ1n) is 5.08. The maximum Gasteiger partial charge on any atom is 0.238 e. The third kappa shape index (κ3) is 1.84. The monoisotopic (exact) mass is 183 g/mol. The summed E-state index contributed by atoms with van der Waals surface area (Å²) in [5.74, 6) is 0.203. The summed E-state index contributed by atoms with van der Waals surface area (Å²) in [5, 5.41) is 4.02. The van der Waals surface area contributed by atoms with Crippen LogP contribution in [-0.2, 0) is 4.79 Å². The Morgan fingerprint density at radius 2 is 1.92 bits per heavy atom. The summed E-state index contributed by atoms with van der Waals surface area (Å²) in [6.07, 6.45) is 4.24. The second kappa shape index (κ2) is 3.64. The van der Waals surface area contributed by atoms with Gasteiger partial charge in [0.15, 0.2) is 0 Å². The van der Waals surface area contributed by atoms with E-state index in [9.17, 15) is 4.79 Å². The van der Waals surface area contributed by atoms with Gasteiger partial charge in [0.25, 0.3) is 0 Å². The molecule has 74 valence electrons. The Balaban J connectivity index is 1.95. The number of hydrazine groups is 1. The highest BCUT2D eigenvalue weighted by molar-refractivity contribution is 5.78. The summed E-state index contributed by atoms with van der Waals surface area (Å²) < 4.78 is 0. The Morgan fingerprint density at radius 3 is 2.46 bits per heavy atom. The van der Waals surface area contributed by atoms with E-state index in [2.05, 4.69) is 5.01 Å². The van der Waals surface area contributed by atoms with Gasteiger partial charge in [-0.25, -0.2) is 5.01 Å². The first-order valence-corrected chi connectivity index (χ1v) is 5.08. The van der Waals surface area contributed by atoms with E-state index in [0.717, 1.165) is 19.6 Å². The van der Waals surface area contributed by atoms with Crippen LogP contribution in [0.3, 0.4) is 0 Å². The normalized spacial score (nSPS) is 31.3. The van der Waals surface area contributed by atoms with E-state index in [-0.39, 0.29) is 11.9 Å². The molecule has 0 aromatic carbocycles. The lowest BCUT2D eigenvalue weighted by molar-refractivity contribution is -0.144. The number of nitrogens with two attached hydrogens (primary N) is 1. The average Bonchev–Trinajstić information content (AvgIpc) is 2.47. The van der Waals surface area contributed by atoms with Gasteiger partial charge in [-0.05, 0) is 12.8 Å². The maximum atomic E-state index is 11.5. The number of nitrogens with zero attached hydrogens (tertiary/aromatic N) is 2. The Labute approximate surface area is 78.6 Å². The molecule has 2 rings (SSSR count). The molecule has 13 heavy (non-hydrogen) atoms. The Bertz CT molecular complexity index is 201. The van der Waals surface area contributed by atoms with E-state index in [0.29, 0.717) is 6.42 Å². The van der Waals surface area contributed by atoms with Gasteiger partial charge in [0, 0.05) is 25.6 Å². The van der Waals surface area contributed by atoms with Crippen LogP contribution in [0.2, 0.25) is 0 Å². The largest absolute Gasteiger partial charge is 0.326 e. The molecule has 1 amide bonds. The maximum absolute atomic E-state index is 11.5. The van der Waals surface area contributed by atoms with Crippen LogP contribution < -0.4 is 5.73 Å². The van der Waals surface area contributed by atoms with Gasteiger partial charge in [0.2, 0.25) is 5.91 Å². The zero-order chi connectivity index (χ0) is 9.26. The quantitative estimate of drug-likeness (QED) is 0.620. The van der Waals surface area contributed by atoms with Crippen molar-refractivity contribution in [2.24, 2.45) is 5.73 Å². The topological polar surface area (TPSA) is 49.6 Å². The molecule has 0 aliphatic carbocycles. The van der Waals surface area contributed by atoms with Crippen LogP contribution in [0.1, 0.15) is 25.7 Å². The fourth-order valence-corrected chi connectivity index (χ4v) is 2.11. The molecule has 2 aliphatic heterocycles. The molecule has 2 N–H and O–H groups in total. The van der Waals surface area contributed by atoms with E-state index >= 15 is 0 Å². The Morgan fingerprint density at radius 1 is 1.23 bits per heavy atom. The van der Waals surface area contributed by atoms with Crippen molar-refractivity contribution in [1.29, 1.82) is 0 Å². The predicted molar refractivity (Wildman–Crippen MR) is 49.7 cm³/mol. The summed E-state index contributed by atoms with van der Waals surface area (Å²) in [6, 6.07) is 0.0504. The summed E-state index contributed by atoms with van der Waals surface area (Å²) >= 11 is 0. The number of hydrogen-bond acceptors (Lipinski definition) is 3. The lowest BCUT2D eigenvalue weighted by Crippen LogP contribution is -2.47. The highest BCUT2D eigenvalue weighted by atomic mass is 16.2. The first-order chi connectivity index (χ1) is 6.27. The van der Waals surface area contributed by atoms with Crippen LogP contribution >= 0.6 is 0 Å². The van der Waals surface area contributed by atoms with Crippen molar-refractivity contribution in [1.82, 2.24) is 10.0 Å². The third-order valence-corrected chi connectivity index (χ3v) is 2.81. The zero-order valence-corrected chi connectivity index (χ0v) is 7.91. The van der Waals surface area contributed by atoms with Gasteiger partial charge in [-0.15, -0.1) is 0 Å². The van der Waals surface area contributed by atoms with Crippen molar-refractivity contribution in [3.05, 3.63) is 0 Å². The fourth-order valence-electron chi connectivity index (χ4n) is 2.11. The highest BCUT2D eigenvalue weighted by Gasteiger charge is 2.31. The van der Waals surface area contributed by atoms with E-state index in [4.69, 9.17) is 5.73 Å². The number of rotatable bonds is 1. The summed E-state index contributed by atoms with van der Waals surface area (Å²) in [7, 11) is 0. The fraction of sp³-hybridized carbons (Fsp3) is 0.889. The summed E-state index contributed by atoms with van der Waals surface area (Å²) in [5.41, 5.74) is 5.73. The molecule has 0 aromatic heterocycles. The van der Waals surface area contributed by atoms with Gasteiger partial charge in [0.1, 0.15) is 0 Å². The second-order valence-electron chi connectivity index (χ2n) is 3.95. The molecule has 0 saturated carbocycles. The smallest absolute Gasteiger partial charge is 0.238 e. The molecule has 4 heteroatoms. The molecule has 0 radical (unpaired) electrons. The molecule has 2 fully saturated rings. The highest BCUT2D eigenvalue weighted by Crippen LogP contribution is 2.17. The molecule has 0 aromatic rings. The van der Waals surface area contributed by atoms with Gasteiger partial charge < -0.3 is 5.73 Å². The number of amides is 1. The van der Waals surface area contributed by atoms with Crippen LogP contribution in [0.15, 0.2) is 0 Å². The van der Waals surface area contributed by atoms with Crippen LogP contribution in [-0.4, -0.2) is 41.6 Å². The first kappa shape index (κ1) is 8.97. The minimum absolute atomic E-state index is 0.0504.